The number of aryl methyl sites for hydroxylation is 1. The molecular weight excluding hydrogens is 543 g/mol. The average Bonchev–Trinajstić information content (AvgIpc) is 3.13. The van der Waals surface area contributed by atoms with Gasteiger partial charge in [-0.2, -0.15) is 0 Å². The maximum Gasteiger partial charge on any atom is 0.264 e. The van der Waals surface area contributed by atoms with Gasteiger partial charge in [-0.15, -0.1) is 0 Å². The molecule has 1 N–H and O–H groups in total. The third-order valence-electron chi connectivity index (χ3n) is 4.87. The Hall–Kier alpha value is -2.25. The maximum absolute atomic E-state index is 12.4. The van der Waals surface area contributed by atoms with Crippen LogP contribution in [-0.4, -0.2) is 11.1 Å². The lowest BCUT2D eigenvalue weighted by atomic mass is 10.2. The lowest BCUT2D eigenvalue weighted by Crippen LogP contribution is -2.19. The zero-order valence-corrected chi connectivity index (χ0v) is 21.5. The van der Waals surface area contributed by atoms with Gasteiger partial charge < -0.3 is 10.1 Å². The summed E-state index contributed by atoms with van der Waals surface area (Å²) in [6, 6.07) is 19.0. The number of ether oxygens (including phenoxy) is 1. The molecule has 0 spiro atoms. The fraction of sp³-hybridized carbons (Fsp3) is 0.120. The van der Waals surface area contributed by atoms with Gasteiger partial charge in [-0.3, -0.25) is 4.79 Å². The first-order chi connectivity index (χ1) is 15.9. The van der Waals surface area contributed by atoms with Crippen LogP contribution in [0, 0.1) is 0 Å². The molecule has 0 saturated carbocycles. The van der Waals surface area contributed by atoms with Crippen molar-refractivity contribution in [1.82, 2.24) is 5.32 Å². The summed E-state index contributed by atoms with van der Waals surface area (Å²) in [4.78, 5) is 17.5. The Morgan fingerprint density at radius 2 is 1.85 bits per heavy atom. The van der Waals surface area contributed by atoms with Gasteiger partial charge in [-0.25, -0.2) is 4.99 Å². The van der Waals surface area contributed by atoms with E-state index in [1.165, 1.54) is 17.3 Å². The van der Waals surface area contributed by atoms with Gasteiger partial charge in [-0.1, -0.05) is 60.5 Å². The van der Waals surface area contributed by atoms with Gasteiger partial charge in [0.25, 0.3) is 5.91 Å². The Balaban J connectivity index is 1.49. The highest BCUT2D eigenvalue weighted by atomic mass is 79.9. The third-order valence-corrected chi connectivity index (χ3v) is 7.02. The van der Waals surface area contributed by atoms with Gasteiger partial charge in [-0.05, 0) is 81.6 Å². The number of hydrogen-bond donors (Lipinski definition) is 1. The van der Waals surface area contributed by atoms with E-state index in [-0.39, 0.29) is 12.5 Å². The molecular formula is C25H19BrCl2N2O2S. The van der Waals surface area contributed by atoms with E-state index in [2.05, 4.69) is 33.2 Å². The minimum Gasteiger partial charge on any atom is -0.486 e. The number of nitrogens with one attached hydrogen (secondary N) is 1. The molecule has 0 aromatic heterocycles. The number of carbonyl (C=O) groups is 1. The molecule has 1 heterocycles. The zero-order chi connectivity index (χ0) is 23.4. The van der Waals surface area contributed by atoms with E-state index in [0.717, 1.165) is 23.2 Å². The van der Waals surface area contributed by atoms with Gasteiger partial charge in [0.1, 0.15) is 6.61 Å². The van der Waals surface area contributed by atoms with Crippen LogP contribution in [0.15, 0.2) is 75.0 Å². The Labute approximate surface area is 215 Å². The monoisotopic (exact) mass is 560 g/mol. The van der Waals surface area contributed by atoms with E-state index in [9.17, 15) is 4.79 Å². The highest BCUT2D eigenvalue weighted by Gasteiger charge is 2.24. The molecule has 4 nitrogen and oxygen atoms in total. The van der Waals surface area contributed by atoms with Crippen LogP contribution in [-0.2, 0) is 17.8 Å². The molecule has 1 aliphatic rings. The number of thioether (sulfide) groups is 1. The molecule has 33 heavy (non-hydrogen) atoms. The van der Waals surface area contributed by atoms with Crippen LogP contribution in [0.3, 0.4) is 0 Å². The second-order valence-corrected chi connectivity index (χ2v) is 9.89. The SMILES string of the molecule is CCc1ccc(N=C2NC(=O)/C(=C/c3cc(Cl)c(OCc4ccccc4Cl)c(Br)c3)S2)cc1. The number of halogens is 3. The molecule has 0 radical (unpaired) electrons. The Morgan fingerprint density at radius 1 is 1.09 bits per heavy atom. The molecule has 3 aromatic rings. The summed E-state index contributed by atoms with van der Waals surface area (Å²) >= 11 is 17.5. The summed E-state index contributed by atoms with van der Waals surface area (Å²) in [5.74, 6) is 0.315. The fourth-order valence-corrected chi connectivity index (χ4v) is 5.14. The molecule has 168 valence electrons. The van der Waals surface area contributed by atoms with Gasteiger partial charge in [0, 0.05) is 10.6 Å². The first-order valence-corrected chi connectivity index (χ1v) is 12.5. The molecule has 0 atom stereocenters. The number of rotatable bonds is 6. The molecule has 1 amide bonds. The topological polar surface area (TPSA) is 50.7 Å². The lowest BCUT2D eigenvalue weighted by Gasteiger charge is -2.12. The highest BCUT2D eigenvalue weighted by Crippen LogP contribution is 2.37. The molecule has 0 bridgehead atoms. The van der Waals surface area contributed by atoms with Crippen LogP contribution in [0.5, 0.6) is 5.75 Å². The predicted octanol–water partition coefficient (Wildman–Crippen LogP) is 7.79. The molecule has 8 heteroatoms. The number of nitrogens with zero attached hydrogens (tertiary/aromatic N) is 1. The third kappa shape index (κ3) is 6.01. The van der Waals surface area contributed by atoms with Crippen molar-refractivity contribution >= 4 is 73.7 Å². The minimum absolute atomic E-state index is 0.199. The Kier molecular flexibility index (Phi) is 7.81. The van der Waals surface area contributed by atoms with E-state index in [0.29, 0.717) is 30.3 Å². The van der Waals surface area contributed by atoms with Crippen molar-refractivity contribution in [2.45, 2.75) is 20.0 Å². The number of amides is 1. The van der Waals surface area contributed by atoms with Crippen LogP contribution < -0.4 is 10.1 Å². The summed E-state index contributed by atoms with van der Waals surface area (Å²) in [5, 5.41) is 4.41. The van der Waals surface area contributed by atoms with Crippen molar-refractivity contribution in [2.24, 2.45) is 4.99 Å². The normalized spacial score (nSPS) is 15.8. The van der Waals surface area contributed by atoms with Crippen molar-refractivity contribution in [3.63, 3.8) is 0 Å². The smallest absolute Gasteiger partial charge is 0.264 e. The molecule has 1 saturated heterocycles. The summed E-state index contributed by atoms with van der Waals surface area (Å²) in [6.07, 6.45) is 2.74. The van der Waals surface area contributed by atoms with Gasteiger partial charge in [0.2, 0.25) is 0 Å². The number of hydrogen-bond acceptors (Lipinski definition) is 4. The fourth-order valence-electron chi connectivity index (χ4n) is 3.12. The highest BCUT2D eigenvalue weighted by molar-refractivity contribution is 9.10. The second kappa shape index (κ2) is 10.8. The van der Waals surface area contributed by atoms with E-state index in [1.54, 1.807) is 12.1 Å². The van der Waals surface area contributed by atoms with Crippen molar-refractivity contribution in [2.75, 3.05) is 0 Å². The van der Waals surface area contributed by atoms with Crippen molar-refractivity contribution < 1.29 is 9.53 Å². The Bertz CT molecular complexity index is 1240. The predicted molar refractivity (Wildman–Crippen MR) is 142 cm³/mol. The standard InChI is InChI=1S/C25H19BrCl2N2O2S/c1-2-15-7-9-18(10-8-15)29-25-30-24(31)22(33-25)13-16-11-19(26)23(21(28)12-16)32-14-17-5-3-4-6-20(17)27/h3-13H,2,14H2,1H3,(H,29,30,31)/b22-13-. The molecule has 3 aromatic carbocycles. The van der Waals surface area contributed by atoms with Gasteiger partial charge >= 0.3 is 0 Å². The molecule has 1 aliphatic heterocycles. The van der Waals surface area contributed by atoms with Gasteiger partial charge in [0.05, 0.1) is 20.1 Å². The zero-order valence-electron chi connectivity index (χ0n) is 17.6. The summed E-state index contributed by atoms with van der Waals surface area (Å²) < 4.78 is 6.58. The molecule has 0 aliphatic carbocycles. The largest absolute Gasteiger partial charge is 0.486 e. The van der Waals surface area contributed by atoms with E-state index in [1.807, 2.05) is 54.6 Å². The second-order valence-electron chi connectivity index (χ2n) is 7.20. The molecule has 1 fully saturated rings. The molecule has 4 rings (SSSR count). The first-order valence-electron chi connectivity index (χ1n) is 10.2. The minimum atomic E-state index is -0.199. The summed E-state index contributed by atoms with van der Waals surface area (Å²) in [7, 11) is 0. The average molecular weight is 562 g/mol. The lowest BCUT2D eigenvalue weighted by molar-refractivity contribution is -0.115. The number of benzene rings is 3. The number of amidine groups is 1. The van der Waals surface area contributed by atoms with Crippen LogP contribution in [0.2, 0.25) is 10.0 Å². The van der Waals surface area contributed by atoms with Crippen molar-refractivity contribution in [3.8, 4) is 5.75 Å². The van der Waals surface area contributed by atoms with Crippen LogP contribution >= 0.6 is 50.9 Å². The van der Waals surface area contributed by atoms with E-state index in [4.69, 9.17) is 27.9 Å². The first kappa shape index (κ1) is 23.9. The van der Waals surface area contributed by atoms with Crippen LogP contribution in [0.1, 0.15) is 23.6 Å². The van der Waals surface area contributed by atoms with E-state index < -0.39 is 0 Å². The quantitative estimate of drug-likeness (QED) is 0.312. The summed E-state index contributed by atoms with van der Waals surface area (Å²) in [5.41, 5.74) is 3.66. The van der Waals surface area contributed by atoms with Gasteiger partial charge in [0.15, 0.2) is 10.9 Å². The summed E-state index contributed by atoms with van der Waals surface area (Å²) in [6.45, 7) is 2.39. The van der Waals surface area contributed by atoms with Crippen molar-refractivity contribution in [1.29, 1.82) is 0 Å². The van der Waals surface area contributed by atoms with Crippen LogP contribution in [0.25, 0.3) is 6.08 Å². The molecule has 0 unspecified atom stereocenters. The van der Waals surface area contributed by atoms with E-state index >= 15 is 0 Å². The Morgan fingerprint density at radius 3 is 2.55 bits per heavy atom. The number of aliphatic imine (C=N–C) groups is 1. The van der Waals surface area contributed by atoms with Crippen molar-refractivity contribution in [3.05, 3.63) is 96.8 Å². The maximum atomic E-state index is 12.4. The van der Waals surface area contributed by atoms with Crippen LogP contribution in [0.4, 0.5) is 5.69 Å². The number of carbonyl (C=O) groups excluding carboxylic acids is 1.